The van der Waals surface area contributed by atoms with E-state index in [9.17, 15) is 4.79 Å². The number of fused-ring (bicyclic) bond motifs is 4. The first-order valence-corrected chi connectivity index (χ1v) is 9.62. The van der Waals surface area contributed by atoms with Crippen LogP contribution in [0.2, 0.25) is 0 Å². The molecule has 8 nitrogen and oxygen atoms in total. The van der Waals surface area contributed by atoms with E-state index in [2.05, 4.69) is 20.2 Å². The molecule has 1 N–H and O–H groups in total. The molecule has 0 aliphatic carbocycles. The molecule has 0 saturated carbocycles. The van der Waals surface area contributed by atoms with Crippen molar-refractivity contribution in [2.24, 2.45) is 7.05 Å². The Bertz CT molecular complexity index is 1400. The number of H-pyrrole nitrogens is 1. The van der Waals surface area contributed by atoms with Crippen LogP contribution in [0.4, 0.5) is 0 Å². The molecule has 2 aromatic carbocycles. The summed E-state index contributed by atoms with van der Waals surface area (Å²) in [7, 11) is 3.35. The van der Waals surface area contributed by atoms with E-state index in [0.29, 0.717) is 16.9 Å². The number of thioether (sulfide) groups is 1. The Morgan fingerprint density at radius 2 is 2.04 bits per heavy atom. The number of aryl methyl sites for hydroxylation is 1. The van der Waals surface area contributed by atoms with Gasteiger partial charge in [-0.3, -0.25) is 13.8 Å². The Morgan fingerprint density at radius 1 is 1.18 bits per heavy atom. The van der Waals surface area contributed by atoms with Gasteiger partial charge in [-0.25, -0.2) is 4.98 Å². The molecule has 0 atom stereocenters. The van der Waals surface area contributed by atoms with Gasteiger partial charge < -0.3 is 9.72 Å². The maximum atomic E-state index is 12.5. The standard InChI is InChI=1S/C19H16N6O2S/c1-24-17(26)12-5-3-4-6-15(12)25-16(22-23-19(24)25)10-28-18-20-13-8-7-11(27-2)9-14(13)21-18/h3-9H,10H2,1-2H3,(H,20,21). The van der Waals surface area contributed by atoms with Gasteiger partial charge >= 0.3 is 0 Å². The van der Waals surface area contributed by atoms with Crippen LogP contribution in [0.5, 0.6) is 5.75 Å². The van der Waals surface area contributed by atoms with E-state index in [4.69, 9.17) is 4.74 Å². The molecule has 5 aromatic rings. The predicted octanol–water partition coefficient (Wildman–Crippen LogP) is 2.76. The van der Waals surface area contributed by atoms with Crippen LogP contribution in [0.25, 0.3) is 27.7 Å². The van der Waals surface area contributed by atoms with Crippen LogP contribution >= 0.6 is 11.8 Å². The van der Waals surface area contributed by atoms with Crippen molar-refractivity contribution in [2.45, 2.75) is 10.9 Å². The van der Waals surface area contributed by atoms with Gasteiger partial charge in [0.05, 0.1) is 34.8 Å². The number of imidazole rings is 1. The van der Waals surface area contributed by atoms with Gasteiger partial charge in [-0.2, -0.15) is 0 Å². The lowest BCUT2D eigenvalue weighted by Gasteiger charge is -2.07. The zero-order chi connectivity index (χ0) is 19.3. The van der Waals surface area contributed by atoms with Crippen LogP contribution in [0.3, 0.4) is 0 Å². The molecule has 0 aliphatic heterocycles. The van der Waals surface area contributed by atoms with Crippen molar-refractivity contribution in [1.29, 1.82) is 0 Å². The molecular weight excluding hydrogens is 376 g/mol. The van der Waals surface area contributed by atoms with E-state index in [1.54, 1.807) is 14.2 Å². The Balaban J connectivity index is 1.55. The molecule has 3 aromatic heterocycles. The molecule has 0 amide bonds. The van der Waals surface area contributed by atoms with Gasteiger partial charge in [-0.05, 0) is 24.3 Å². The van der Waals surface area contributed by atoms with Crippen LogP contribution in [0.1, 0.15) is 5.82 Å². The Hall–Kier alpha value is -3.33. The summed E-state index contributed by atoms with van der Waals surface area (Å²) in [6.45, 7) is 0. The maximum Gasteiger partial charge on any atom is 0.262 e. The molecule has 5 rings (SSSR count). The number of ether oxygens (including phenoxy) is 1. The van der Waals surface area contributed by atoms with Gasteiger partial charge in [-0.1, -0.05) is 23.9 Å². The largest absolute Gasteiger partial charge is 0.497 e. The van der Waals surface area contributed by atoms with Gasteiger partial charge in [0.2, 0.25) is 5.78 Å². The minimum Gasteiger partial charge on any atom is -0.497 e. The highest BCUT2D eigenvalue weighted by atomic mass is 32.2. The number of benzene rings is 2. The molecule has 0 spiro atoms. The fraction of sp³-hybridized carbons (Fsp3) is 0.158. The van der Waals surface area contributed by atoms with Crippen molar-refractivity contribution < 1.29 is 4.74 Å². The zero-order valence-electron chi connectivity index (χ0n) is 15.2. The summed E-state index contributed by atoms with van der Waals surface area (Å²) in [5.41, 5.74) is 2.51. The van der Waals surface area contributed by atoms with E-state index in [1.807, 2.05) is 46.9 Å². The van der Waals surface area contributed by atoms with Crippen LogP contribution in [-0.2, 0) is 12.8 Å². The first-order valence-electron chi connectivity index (χ1n) is 8.64. The van der Waals surface area contributed by atoms with Gasteiger partial charge in [-0.15, -0.1) is 10.2 Å². The molecule has 3 heterocycles. The van der Waals surface area contributed by atoms with E-state index >= 15 is 0 Å². The number of hydrogen-bond acceptors (Lipinski definition) is 6. The lowest BCUT2D eigenvalue weighted by atomic mass is 10.2. The summed E-state index contributed by atoms with van der Waals surface area (Å²) in [5.74, 6) is 2.61. The smallest absolute Gasteiger partial charge is 0.262 e. The Morgan fingerprint density at radius 3 is 2.89 bits per heavy atom. The van der Waals surface area contributed by atoms with E-state index < -0.39 is 0 Å². The molecule has 9 heteroatoms. The first kappa shape index (κ1) is 16.8. The summed E-state index contributed by atoms with van der Waals surface area (Å²) in [6.07, 6.45) is 0. The minimum atomic E-state index is -0.0825. The van der Waals surface area contributed by atoms with E-state index in [1.165, 1.54) is 16.3 Å². The predicted molar refractivity (Wildman–Crippen MR) is 108 cm³/mol. The molecule has 0 fully saturated rings. The van der Waals surface area contributed by atoms with Crippen LogP contribution in [0.15, 0.2) is 52.4 Å². The van der Waals surface area contributed by atoms with Crippen LogP contribution in [-0.4, -0.2) is 36.2 Å². The second kappa shape index (κ2) is 6.38. The topological polar surface area (TPSA) is 90.1 Å². The van der Waals surface area contributed by atoms with Crippen LogP contribution < -0.4 is 10.3 Å². The molecule has 0 radical (unpaired) electrons. The van der Waals surface area contributed by atoms with E-state index in [0.717, 1.165) is 33.3 Å². The Labute approximate surface area is 163 Å². The molecule has 0 aliphatic rings. The fourth-order valence-electron chi connectivity index (χ4n) is 3.28. The second-order valence-corrected chi connectivity index (χ2v) is 7.31. The summed E-state index contributed by atoms with van der Waals surface area (Å²) in [4.78, 5) is 20.4. The van der Waals surface area contributed by atoms with Crippen molar-refractivity contribution in [3.05, 3.63) is 58.6 Å². The normalized spacial score (nSPS) is 11.6. The number of rotatable bonds is 4. The number of aromatic nitrogens is 6. The number of methoxy groups -OCH3 is 1. The van der Waals surface area contributed by atoms with Crippen molar-refractivity contribution in [3.8, 4) is 5.75 Å². The quantitative estimate of drug-likeness (QED) is 0.473. The van der Waals surface area contributed by atoms with E-state index in [-0.39, 0.29) is 5.56 Å². The fourth-order valence-corrected chi connectivity index (χ4v) is 4.08. The summed E-state index contributed by atoms with van der Waals surface area (Å²) < 4.78 is 8.71. The van der Waals surface area contributed by atoms with Gasteiger partial charge in [0.1, 0.15) is 11.6 Å². The monoisotopic (exact) mass is 392 g/mol. The van der Waals surface area contributed by atoms with Gasteiger partial charge in [0.25, 0.3) is 5.56 Å². The second-order valence-electron chi connectivity index (χ2n) is 6.35. The highest BCUT2D eigenvalue weighted by Gasteiger charge is 2.15. The highest BCUT2D eigenvalue weighted by molar-refractivity contribution is 7.98. The molecular formula is C19H16N6O2S. The number of nitrogens with zero attached hydrogens (tertiary/aromatic N) is 5. The number of para-hydroxylation sites is 1. The maximum absolute atomic E-state index is 12.5. The van der Waals surface area contributed by atoms with Gasteiger partial charge in [0.15, 0.2) is 5.16 Å². The van der Waals surface area contributed by atoms with Crippen molar-refractivity contribution >= 4 is 39.5 Å². The third-order valence-electron chi connectivity index (χ3n) is 4.70. The van der Waals surface area contributed by atoms with Crippen molar-refractivity contribution in [1.82, 2.24) is 29.1 Å². The summed E-state index contributed by atoms with van der Waals surface area (Å²) in [6, 6.07) is 13.2. The molecule has 0 bridgehead atoms. The first-order chi connectivity index (χ1) is 13.7. The molecule has 28 heavy (non-hydrogen) atoms. The average Bonchev–Trinajstić information content (AvgIpc) is 3.33. The number of nitrogens with one attached hydrogen (secondary N) is 1. The van der Waals surface area contributed by atoms with Crippen molar-refractivity contribution in [2.75, 3.05) is 7.11 Å². The summed E-state index contributed by atoms with van der Waals surface area (Å²) >= 11 is 1.53. The zero-order valence-corrected chi connectivity index (χ0v) is 16.0. The average molecular weight is 392 g/mol. The van der Waals surface area contributed by atoms with Crippen molar-refractivity contribution in [3.63, 3.8) is 0 Å². The number of hydrogen-bond donors (Lipinski definition) is 1. The third-order valence-corrected chi connectivity index (χ3v) is 5.57. The number of aromatic amines is 1. The minimum absolute atomic E-state index is 0.0825. The molecule has 140 valence electrons. The third kappa shape index (κ3) is 2.55. The highest BCUT2D eigenvalue weighted by Crippen LogP contribution is 2.25. The molecule has 0 unspecified atom stereocenters. The SMILES string of the molecule is COc1ccc2nc(SCc3nnc4n(C)c(=O)c5ccccc5n34)[nH]c2c1. The lowest BCUT2D eigenvalue weighted by Crippen LogP contribution is -2.20. The lowest BCUT2D eigenvalue weighted by molar-refractivity contribution is 0.415. The summed E-state index contributed by atoms with van der Waals surface area (Å²) in [5, 5.41) is 9.96. The van der Waals surface area contributed by atoms with Crippen LogP contribution in [0, 0.1) is 0 Å². The Kier molecular flexibility index (Phi) is 3.83. The van der Waals surface area contributed by atoms with Gasteiger partial charge in [0, 0.05) is 13.1 Å². The molecule has 0 saturated heterocycles.